The molecule has 0 amide bonds. The second-order valence-electron chi connectivity index (χ2n) is 5.20. The fraction of sp³-hybridized carbons (Fsp3) is 0.357. The highest BCUT2D eigenvalue weighted by Crippen LogP contribution is 2.35. The molecule has 0 spiro atoms. The molecule has 3 aromatic rings. The molecule has 4 atom stereocenters. The van der Waals surface area contributed by atoms with Crippen LogP contribution in [0.25, 0.3) is 21.7 Å². The van der Waals surface area contributed by atoms with Gasteiger partial charge in [-0.25, -0.2) is 19.3 Å². The summed E-state index contributed by atoms with van der Waals surface area (Å²) in [6.07, 6.45) is -0.307. The average molecular weight is 336 g/mol. The van der Waals surface area contributed by atoms with Crippen molar-refractivity contribution in [2.24, 2.45) is 0 Å². The lowest BCUT2D eigenvalue weighted by atomic mass is 10.1. The van der Waals surface area contributed by atoms with Gasteiger partial charge in [0.1, 0.15) is 34.9 Å². The Kier molecular flexibility index (Phi) is 3.57. The van der Waals surface area contributed by atoms with E-state index in [4.69, 9.17) is 9.84 Å². The molecule has 0 aromatic carbocycles. The molecule has 1 aliphatic heterocycles. The average Bonchev–Trinajstić information content (AvgIpc) is 3.28. The Labute approximate surface area is 134 Å². The summed E-state index contributed by atoms with van der Waals surface area (Å²) in [5, 5.41) is 22.3. The molecule has 0 aliphatic carbocycles. The molecule has 23 heavy (non-hydrogen) atoms. The number of aliphatic hydroxyl groups excluding tert-OH is 2. The van der Waals surface area contributed by atoms with Crippen molar-refractivity contribution in [3.05, 3.63) is 30.2 Å². The molecule has 1 aliphatic rings. The van der Waals surface area contributed by atoms with Crippen LogP contribution in [0.3, 0.4) is 0 Å². The Hall–Kier alpha value is -1.94. The number of hydrogen-bond donors (Lipinski definition) is 2. The first-order valence-corrected chi connectivity index (χ1v) is 7.88. The normalized spacial score (nSPS) is 27.8. The predicted octanol–water partition coefficient (Wildman–Crippen LogP) is 1.14. The smallest absolute Gasteiger partial charge is 0.173 e. The summed E-state index contributed by atoms with van der Waals surface area (Å²) in [6, 6.07) is 1.76. The predicted molar refractivity (Wildman–Crippen MR) is 80.5 cm³/mol. The van der Waals surface area contributed by atoms with Gasteiger partial charge in [0.2, 0.25) is 0 Å². The summed E-state index contributed by atoms with van der Waals surface area (Å²) in [5.74, 6) is 0. The first-order chi connectivity index (χ1) is 11.2. The number of rotatable bonds is 3. The van der Waals surface area contributed by atoms with E-state index in [0.717, 1.165) is 10.4 Å². The lowest BCUT2D eigenvalue weighted by Gasteiger charge is -2.15. The number of hydrogen-bond acceptors (Lipinski definition) is 7. The SMILES string of the molecule is OC[C@H]1O[C@@H](n2ccc3c(-c4nccs4)ncnc32)[C@@H](F)[C@@H]1O. The van der Waals surface area contributed by atoms with Crippen molar-refractivity contribution < 1.29 is 19.3 Å². The maximum absolute atomic E-state index is 14.3. The van der Waals surface area contributed by atoms with Crippen LogP contribution in [0.1, 0.15) is 6.23 Å². The van der Waals surface area contributed by atoms with Crippen molar-refractivity contribution in [1.29, 1.82) is 0 Å². The third-order valence-corrected chi connectivity index (χ3v) is 4.67. The van der Waals surface area contributed by atoms with E-state index in [1.165, 1.54) is 22.2 Å². The molecule has 7 nitrogen and oxygen atoms in total. The summed E-state index contributed by atoms with van der Waals surface area (Å²) >= 11 is 1.45. The van der Waals surface area contributed by atoms with Gasteiger partial charge in [0.15, 0.2) is 12.4 Å². The van der Waals surface area contributed by atoms with E-state index >= 15 is 0 Å². The first-order valence-electron chi connectivity index (χ1n) is 7.00. The van der Waals surface area contributed by atoms with Crippen molar-refractivity contribution in [3.8, 4) is 10.7 Å². The van der Waals surface area contributed by atoms with Gasteiger partial charge in [0.25, 0.3) is 0 Å². The Bertz CT molecular complexity index is 825. The molecular formula is C14H13FN4O3S. The second-order valence-corrected chi connectivity index (χ2v) is 6.10. The zero-order valence-corrected chi connectivity index (χ0v) is 12.6. The summed E-state index contributed by atoms with van der Waals surface area (Å²) < 4.78 is 21.3. The summed E-state index contributed by atoms with van der Waals surface area (Å²) in [4.78, 5) is 12.7. The van der Waals surface area contributed by atoms with Gasteiger partial charge in [0.05, 0.1) is 6.61 Å². The molecule has 1 saturated heterocycles. The van der Waals surface area contributed by atoms with E-state index in [2.05, 4.69) is 15.0 Å². The van der Waals surface area contributed by atoms with E-state index in [1.54, 1.807) is 18.5 Å². The Balaban J connectivity index is 1.80. The highest BCUT2D eigenvalue weighted by atomic mass is 32.1. The van der Waals surface area contributed by atoms with Gasteiger partial charge in [-0.3, -0.25) is 0 Å². The van der Waals surface area contributed by atoms with Crippen LogP contribution in [0, 0.1) is 0 Å². The molecule has 0 unspecified atom stereocenters. The van der Waals surface area contributed by atoms with E-state index in [9.17, 15) is 9.50 Å². The van der Waals surface area contributed by atoms with Crippen molar-refractivity contribution in [2.45, 2.75) is 24.6 Å². The van der Waals surface area contributed by atoms with Gasteiger partial charge in [-0.2, -0.15) is 0 Å². The molecule has 1 fully saturated rings. The zero-order chi connectivity index (χ0) is 16.0. The van der Waals surface area contributed by atoms with E-state index < -0.39 is 31.2 Å². The maximum Gasteiger partial charge on any atom is 0.173 e. The topological polar surface area (TPSA) is 93.3 Å². The highest BCUT2D eigenvalue weighted by Gasteiger charge is 2.45. The Morgan fingerprint density at radius 3 is 2.91 bits per heavy atom. The number of aromatic nitrogens is 4. The lowest BCUT2D eigenvalue weighted by molar-refractivity contribution is -0.0457. The Morgan fingerprint density at radius 2 is 2.22 bits per heavy atom. The lowest BCUT2D eigenvalue weighted by Crippen LogP contribution is -2.30. The molecule has 120 valence electrons. The van der Waals surface area contributed by atoms with Gasteiger partial charge in [-0.15, -0.1) is 11.3 Å². The first kappa shape index (κ1) is 14.6. The summed E-state index contributed by atoms with van der Waals surface area (Å²) in [5.41, 5.74) is 1.15. The molecule has 0 radical (unpaired) electrons. The van der Waals surface area contributed by atoms with Crippen LogP contribution in [0.15, 0.2) is 30.2 Å². The molecule has 4 rings (SSSR count). The number of aliphatic hydroxyl groups is 2. The maximum atomic E-state index is 14.3. The monoisotopic (exact) mass is 336 g/mol. The van der Waals surface area contributed by atoms with Crippen LogP contribution < -0.4 is 0 Å². The van der Waals surface area contributed by atoms with Crippen molar-refractivity contribution in [2.75, 3.05) is 6.61 Å². The number of thiazole rings is 1. The van der Waals surface area contributed by atoms with Crippen molar-refractivity contribution >= 4 is 22.4 Å². The fourth-order valence-electron chi connectivity index (χ4n) is 2.77. The fourth-order valence-corrected chi connectivity index (χ4v) is 3.41. The van der Waals surface area contributed by atoms with E-state index in [0.29, 0.717) is 11.3 Å². The van der Waals surface area contributed by atoms with Crippen LogP contribution in [0.5, 0.6) is 0 Å². The minimum absolute atomic E-state index is 0.448. The second kappa shape index (κ2) is 5.60. The van der Waals surface area contributed by atoms with Gasteiger partial charge in [0, 0.05) is 23.2 Å². The van der Waals surface area contributed by atoms with Crippen LogP contribution in [-0.4, -0.2) is 54.7 Å². The van der Waals surface area contributed by atoms with Gasteiger partial charge in [-0.05, 0) is 6.07 Å². The molecule has 0 bridgehead atoms. The van der Waals surface area contributed by atoms with Crippen LogP contribution in [-0.2, 0) is 4.74 Å². The molecule has 3 aromatic heterocycles. The molecular weight excluding hydrogens is 323 g/mol. The third kappa shape index (κ3) is 2.24. The van der Waals surface area contributed by atoms with Gasteiger partial charge < -0.3 is 19.5 Å². The van der Waals surface area contributed by atoms with Crippen LogP contribution in [0.2, 0.25) is 0 Å². The number of nitrogens with zero attached hydrogens (tertiary/aromatic N) is 4. The number of halogens is 1. The highest BCUT2D eigenvalue weighted by molar-refractivity contribution is 7.13. The minimum atomic E-state index is -1.65. The largest absolute Gasteiger partial charge is 0.394 e. The number of fused-ring (bicyclic) bond motifs is 1. The quantitative estimate of drug-likeness (QED) is 0.745. The van der Waals surface area contributed by atoms with Crippen molar-refractivity contribution in [1.82, 2.24) is 19.5 Å². The molecule has 2 N–H and O–H groups in total. The molecule has 4 heterocycles. The van der Waals surface area contributed by atoms with Crippen molar-refractivity contribution in [3.63, 3.8) is 0 Å². The zero-order valence-electron chi connectivity index (χ0n) is 11.8. The number of alkyl halides is 1. The number of ether oxygens (including phenoxy) is 1. The van der Waals surface area contributed by atoms with E-state index in [1.807, 2.05) is 5.38 Å². The standard InChI is InChI=1S/C14H13FN4O3S/c15-9-11(21)8(5-20)22-14(9)19-3-1-7-10(13-16-2-4-23-13)17-6-18-12(7)19/h1-4,6,8-9,11,14,20-21H,5H2/t8-,9+,11-,14-/m1/s1. The third-order valence-electron chi connectivity index (χ3n) is 3.89. The Morgan fingerprint density at radius 1 is 1.35 bits per heavy atom. The van der Waals surface area contributed by atoms with Gasteiger partial charge >= 0.3 is 0 Å². The van der Waals surface area contributed by atoms with Crippen LogP contribution in [0.4, 0.5) is 4.39 Å². The van der Waals surface area contributed by atoms with Crippen LogP contribution >= 0.6 is 11.3 Å². The molecule has 9 heteroatoms. The molecule has 0 saturated carbocycles. The summed E-state index contributed by atoms with van der Waals surface area (Å²) in [6.45, 7) is -0.448. The summed E-state index contributed by atoms with van der Waals surface area (Å²) in [7, 11) is 0. The minimum Gasteiger partial charge on any atom is -0.394 e. The van der Waals surface area contributed by atoms with Gasteiger partial charge in [-0.1, -0.05) is 0 Å². The van der Waals surface area contributed by atoms with E-state index in [-0.39, 0.29) is 0 Å².